The highest BCUT2D eigenvalue weighted by Crippen LogP contribution is 2.16. The molecule has 0 spiro atoms. The summed E-state index contributed by atoms with van der Waals surface area (Å²) in [7, 11) is -2.88. The highest BCUT2D eigenvalue weighted by atomic mass is 28.3. The van der Waals surface area contributed by atoms with Crippen molar-refractivity contribution >= 4 is 51.6 Å². The fourth-order valence-corrected chi connectivity index (χ4v) is 8.85. The summed E-state index contributed by atoms with van der Waals surface area (Å²) in [5, 5.41) is 41.5. The maximum absolute atomic E-state index is 9.32. The van der Waals surface area contributed by atoms with Crippen molar-refractivity contribution < 1.29 is 20.8 Å². The van der Waals surface area contributed by atoms with Crippen molar-refractivity contribution in [1.29, 1.82) is 0 Å². The molecule has 4 aromatic carbocycles. The smallest absolute Gasteiger partial charge is 0.179 e. The molecule has 4 rings (SSSR count). The van der Waals surface area contributed by atoms with E-state index in [0.29, 0.717) is 22.7 Å². The average Bonchev–Trinajstić information content (AvgIpc) is 2.90. The van der Waals surface area contributed by atoms with Crippen LogP contribution >= 0.6 is 0 Å². The quantitative estimate of drug-likeness (QED) is 0.114. The van der Waals surface area contributed by atoms with Crippen LogP contribution in [-0.4, -0.2) is 28.9 Å². The van der Waals surface area contributed by atoms with E-state index in [0.717, 1.165) is 20.7 Å². The van der Waals surface area contributed by atoms with Gasteiger partial charge in [-0.1, -0.05) is 48.5 Å². The van der Waals surface area contributed by atoms with Gasteiger partial charge in [0.2, 0.25) is 0 Å². The maximum atomic E-state index is 9.32. The monoisotopic (exact) mass is 460 g/mol. The van der Waals surface area contributed by atoms with Crippen LogP contribution in [0.4, 0.5) is 22.7 Å². The zero-order valence-corrected chi connectivity index (χ0v) is 18.5. The summed E-state index contributed by atoms with van der Waals surface area (Å²) in [5.41, 5.74) is 11.0. The van der Waals surface area contributed by atoms with Crippen molar-refractivity contribution in [2.45, 2.75) is 0 Å². The van der Waals surface area contributed by atoms with Crippen molar-refractivity contribution in [1.82, 2.24) is 0 Å². The number of nitrogens with one attached hydrogen (secondary N) is 4. The highest BCUT2D eigenvalue weighted by molar-refractivity contribution is 7.19. The van der Waals surface area contributed by atoms with Crippen LogP contribution in [0.2, 0.25) is 0 Å². The topological polar surface area (TPSA) is 129 Å². The van der Waals surface area contributed by atoms with E-state index in [1.165, 1.54) is 0 Å². The van der Waals surface area contributed by atoms with Gasteiger partial charge in [0.05, 0.1) is 22.7 Å². The molecule has 4 aromatic rings. The molecule has 168 valence electrons. The molecule has 9 heteroatoms. The molecule has 0 unspecified atom stereocenters. The van der Waals surface area contributed by atoms with Gasteiger partial charge in [-0.25, -0.2) is 0 Å². The lowest BCUT2D eigenvalue weighted by Gasteiger charge is -2.34. The Hall–Kier alpha value is -3.86. The lowest BCUT2D eigenvalue weighted by atomic mass is 10.3. The van der Waals surface area contributed by atoms with Crippen LogP contribution in [0.1, 0.15) is 0 Å². The SMILES string of the molecule is ONc1ccc([Si](c2ccc(NO)cc2)(c2ccc(NO)cc2)c2ccc(NO)cc2)cc1. The first kappa shape index (κ1) is 22.3. The van der Waals surface area contributed by atoms with Gasteiger partial charge in [-0.2, -0.15) is 0 Å². The van der Waals surface area contributed by atoms with Crippen LogP contribution < -0.4 is 42.7 Å². The zero-order chi connectivity index (χ0) is 23.3. The first-order chi connectivity index (χ1) is 16.1. The second kappa shape index (κ2) is 9.73. The van der Waals surface area contributed by atoms with Gasteiger partial charge in [0.1, 0.15) is 0 Å². The normalized spacial score (nSPS) is 11.0. The standard InChI is InChI=1S/C24H24N4O4Si/c29-25-17-1-9-21(10-2-17)33(22-11-3-18(26-30)4-12-22,23-13-5-19(27-31)6-14-23)24-15-7-20(28-32)8-16-24/h1-16,25-32H. The molecule has 0 aliphatic carbocycles. The molecule has 0 atom stereocenters. The van der Waals surface area contributed by atoms with Crippen molar-refractivity contribution in [3.63, 3.8) is 0 Å². The fraction of sp³-hybridized carbons (Fsp3) is 0. The van der Waals surface area contributed by atoms with E-state index in [9.17, 15) is 20.8 Å². The zero-order valence-electron chi connectivity index (χ0n) is 17.5. The Balaban J connectivity index is 2.05. The third-order valence-corrected chi connectivity index (χ3v) is 10.6. The van der Waals surface area contributed by atoms with E-state index >= 15 is 0 Å². The second-order valence-corrected chi connectivity index (χ2v) is 11.3. The predicted octanol–water partition coefficient (Wildman–Crippen LogP) is 2.27. The van der Waals surface area contributed by atoms with E-state index in [1.54, 1.807) is 0 Å². The number of hydrogen-bond donors (Lipinski definition) is 8. The summed E-state index contributed by atoms with van der Waals surface area (Å²) in [4.78, 5) is 0. The van der Waals surface area contributed by atoms with Crippen LogP contribution in [0.5, 0.6) is 0 Å². The van der Waals surface area contributed by atoms with Crippen LogP contribution in [0.15, 0.2) is 97.1 Å². The summed E-state index contributed by atoms with van der Waals surface area (Å²) >= 11 is 0. The van der Waals surface area contributed by atoms with Gasteiger partial charge >= 0.3 is 0 Å². The minimum Gasteiger partial charge on any atom is -0.291 e. The highest BCUT2D eigenvalue weighted by Gasteiger charge is 2.41. The molecule has 0 saturated heterocycles. The second-order valence-electron chi connectivity index (χ2n) is 7.51. The van der Waals surface area contributed by atoms with Gasteiger partial charge in [-0.3, -0.25) is 42.7 Å². The average molecular weight is 461 g/mol. The van der Waals surface area contributed by atoms with Crippen molar-refractivity contribution in [2.75, 3.05) is 21.9 Å². The number of rotatable bonds is 8. The molecule has 8 nitrogen and oxygen atoms in total. The van der Waals surface area contributed by atoms with Crippen LogP contribution in [0.3, 0.4) is 0 Å². The van der Waals surface area contributed by atoms with Gasteiger partial charge in [0, 0.05) is 0 Å². The Morgan fingerprint density at radius 3 is 0.667 bits per heavy atom. The molecule has 0 radical (unpaired) electrons. The first-order valence-electron chi connectivity index (χ1n) is 10.2. The molecule has 0 heterocycles. The molecule has 0 aliphatic heterocycles. The van der Waals surface area contributed by atoms with E-state index in [-0.39, 0.29) is 0 Å². The van der Waals surface area contributed by atoms with Crippen molar-refractivity contribution in [3.8, 4) is 0 Å². The fourth-order valence-electron chi connectivity index (χ4n) is 4.18. The van der Waals surface area contributed by atoms with Crippen molar-refractivity contribution in [2.24, 2.45) is 0 Å². The lowest BCUT2D eigenvalue weighted by molar-refractivity contribution is 0.388. The summed E-state index contributed by atoms with van der Waals surface area (Å²) in [6, 6.07) is 30.4. The maximum Gasteiger partial charge on any atom is 0.179 e. The summed E-state index contributed by atoms with van der Waals surface area (Å²) in [5.74, 6) is 0. The minimum atomic E-state index is -2.88. The summed E-state index contributed by atoms with van der Waals surface area (Å²) in [6.45, 7) is 0. The number of hydrogen-bond acceptors (Lipinski definition) is 8. The molecular weight excluding hydrogens is 436 g/mol. The molecule has 0 bridgehead atoms. The Bertz CT molecular complexity index is 990. The van der Waals surface area contributed by atoms with Crippen LogP contribution in [-0.2, 0) is 0 Å². The first-order valence-corrected chi connectivity index (χ1v) is 12.2. The van der Waals surface area contributed by atoms with Gasteiger partial charge < -0.3 is 0 Å². The predicted molar refractivity (Wildman–Crippen MR) is 132 cm³/mol. The lowest BCUT2D eigenvalue weighted by Crippen LogP contribution is -2.74. The van der Waals surface area contributed by atoms with E-state index in [2.05, 4.69) is 21.9 Å². The Labute approximate surface area is 191 Å². The molecule has 0 amide bonds. The van der Waals surface area contributed by atoms with Gasteiger partial charge in [-0.05, 0) is 69.3 Å². The molecular formula is C24H24N4O4Si. The largest absolute Gasteiger partial charge is 0.291 e. The molecule has 0 aromatic heterocycles. The number of anilines is 4. The Morgan fingerprint density at radius 2 is 0.515 bits per heavy atom. The molecule has 0 aliphatic rings. The third kappa shape index (κ3) is 4.14. The van der Waals surface area contributed by atoms with Gasteiger partial charge in [0.25, 0.3) is 0 Å². The van der Waals surface area contributed by atoms with E-state index < -0.39 is 8.07 Å². The van der Waals surface area contributed by atoms with E-state index in [1.807, 2.05) is 97.1 Å². The Kier molecular flexibility index (Phi) is 6.59. The van der Waals surface area contributed by atoms with Gasteiger partial charge in [0.15, 0.2) is 8.07 Å². The summed E-state index contributed by atoms with van der Waals surface area (Å²) in [6.07, 6.45) is 0. The van der Waals surface area contributed by atoms with Gasteiger partial charge in [-0.15, -0.1) is 0 Å². The summed E-state index contributed by atoms with van der Waals surface area (Å²) < 4.78 is 0. The molecule has 33 heavy (non-hydrogen) atoms. The molecule has 8 N–H and O–H groups in total. The van der Waals surface area contributed by atoms with E-state index in [4.69, 9.17) is 0 Å². The van der Waals surface area contributed by atoms with Crippen molar-refractivity contribution in [3.05, 3.63) is 97.1 Å². The Morgan fingerprint density at radius 1 is 0.333 bits per heavy atom. The van der Waals surface area contributed by atoms with Crippen LogP contribution in [0.25, 0.3) is 0 Å². The molecule has 0 saturated carbocycles. The third-order valence-electron chi connectivity index (χ3n) is 5.79. The molecule has 0 fully saturated rings. The number of benzene rings is 4. The minimum absolute atomic E-state index is 0.570. The van der Waals surface area contributed by atoms with Crippen LogP contribution in [0, 0.1) is 0 Å².